The molecule has 1 fully saturated rings. The zero-order chi connectivity index (χ0) is 19.2. The molecular formula is C21H17Cl2NO2S. The lowest BCUT2D eigenvalue weighted by atomic mass is 10.0. The van der Waals surface area contributed by atoms with Gasteiger partial charge in [-0.3, -0.25) is 0 Å². The highest BCUT2D eigenvalue weighted by atomic mass is 35.5. The first-order valence-corrected chi connectivity index (χ1v) is 10.7. The molecule has 3 aromatic rings. The average molecular weight is 418 g/mol. The van der Waals surface area contributed by atoms with Crippen LogP contribution in [0.3, 0.4) is 0 Å². The lowest BCUT2D eigenvalue weighted by molar-refractivity contribution is 0.542. The van der Waals surface area contributed by atoms with Crippen molar-refractivity contribution in [3.05, 3.63) is 101 Å². The van der Waals surface area contributed by atoms with E-state index in [0.717, 1.165) is 16.7 Å². The highest BCUT2D eigenvalue weighted by molar-refractivity contribution is 7.89. The number of benzene rings is 3. The monoisotopic (exact) mass is 417 g/mol. The second kappa shape index (κ2) is 6.64. The molecule has 3 nitrogen and oxygen atoms in total. The first kappa shape index (κ1) is 18.5. The third-order valence-electron chi connectivity index (χ3n) is 4.79. The summed E-state index contributed by atoms with van der Waals surface area (Å²) in [5.74, 6) is 0. The molecule has 0 N–H and O–H groups in total. The van der Waals surface area contributed by atoms with Gasteiger partial charge < -0.3 is 0 Å². The van der Waals surface area contributed by atoms with Crippen molar-refractivity contribution in [1.82, 2.24) is 4.31 Å². The lowest BCUT2D eigenvalue weighted by Gasteiger charge is -2.11. The number of hydrogen-bond acceptors (Lipinski definition) is 2. The third kappa shape index (κ3) is 3.07. The van der Waals surface area contributed by atoms with Crippen molar-refractivity contribution in [2.24, 2.45) is 0 Å². The van der Waals surface area contributed by atoms with Crippen molar-refractivity contribution < 1.29 is 8.42 Å². The van der Waals surface area contributed by atoms with Crippen LogP contribution in [0.1, 0.15) is 22.7 Å². The Kier molecular flexibility index (Phi) is 4.55. The molecule has 0 aliphatic carbocycles. The number of nitrogens with zero attached hydrogens (tertiary/aromatic N) is 1. The SMILES string of the molecule is Cc1ccc([C@H]2N(S(=O)(=O)c3ccc(Cl)cc3)[C@]2(Cl)c2ccccc2)cc1. The summed E-state index contributed by atoms with van der Waals surface area (Å²) in [6, 6.07) is 22.7. The molecule has 1 saturated heterocycles. The van der Waals surface area contributed by atoms with E-state index in [1.54, 1.807) is 12.1 Å². The van der Waals surface area contributed by atoms with E-state index in [1.165, 1.54) is 16.4 Å². The van der Waals surface area contributed by atoms with E-state index in [-0.39, 0.29) is 4.90 Å². The summed E-state index contributed by atoms with van der Waals surface area (Å²) in [6.45, 7) is 1.99. The molecule has 3 aromatic carbocycles. The van der Waals surface area contributed by atoms with E-state index in [1.807, 2.05) is 61.5 Å². The van der Waals surface area contributed by atoms with Gasteiger partial charge in [0, 0.05) is 5.02 Å². The molecule has 138 valence electrons. The maximum absolute atomic E-state index is 13.3. The number of sulfonamides is 1. The predicted molar refractivity (Wildman–Crippen MR) is 108 cm³/mol. The quantitative estimate of drug-likeness (QED) is 0.319. The molecule has 1 aliphatic heterocycles. The van der Waals surface area contributed by atoms with Crippen LogP contribution in [0.4, 0.5) is 0 Å². The van der Waals surface area contributed by atoms with E-state index in [0.29, 0.717) is 5.02 Å². The fourth-order valence-corrected chi connectivity index (χ4v) is 5.96. The Balaban J connectivity index is 1.83. The zero-order valence-corrected chi connectivity index (χ0v) is 16.8. The first-order valence-electron chi connectivity index (χ1n) is 8.46. The van der Waals surface area contributed by atoms with Crippen molar-refractivity contribution in [2.75, 3.05) is 0 Å². The van der Waals surface area contributed by atoms with Gasteiger partial charge in [-0.15, -0.1) is 0 Å². The Bertz CT molecular complexity index is 1070. The zero-order valence-electron chi connectivity index (χ0n) is 14.5. The van der Waals surface area contributed by atoms with Gasteiger partial charge in [0.15, 0.2) is 5.00 Å². The molecule has 0 radical (unpaired) electrons. The van der Waals surface area contributed by atoms with Gasteiger partial charge in [0.05, 0.1) is 10.9 Å². The van der Waals surface area contributed by atoms with Crippen LogP contribution in [0.25, 0.3) is 0 Å². The van der Waals surface area contributed by atoms with Crippen molar-refractivity contribution in [3.8, 4) is 0 Å². The molecule has 1 unspecified atom stereocenters. The number of hydrogen-bond donors (Lipinski definition) is 0. The average Bonchev–Trinajstić information content (AvgIpc) is 3.32. The molecular weight excluding hydrogens is 401 g/mol. The van der Waals surface area contributed by atoms with Gasteiger partial charge in [0.2, 0.25) is 10.0 Å². The van der Waals surface area contributed by atoms with Crippen molar-refractivity contribution >= 4 is 33.2 Å². The van der Waals surface area contributed by atoms with Crippen molar-refractivity contribution in [2.45, 2.75) is 22.9 Å². The Labute approximate surface area is 169 Å². The van der Waals surface area contributed by atoms with E-state index in [4.69, 9.17) is 23.2 Å². The van der Waals surface area contributed by atoms with Gasteiger partial charge in [-0.2, -0.15) is 4.31 Å². The summed E-state index contributed by atoms with van der Waals surface area (Å²) < 4.78 is 28.1. The highest BCUT2D eigenvalue weighted by Gasteiger charge is 2.69. The van der Waals surface area contributed by atoms with E-state index in [2.05, 4.69) is 0 Å². The summed E-state index contributed by atoms with van der Waals surface area (Å²) in [4.78, 5) is -0.989. The molecule has 1 aliphatic rings. The van der Waals surface area contributed by atoms with Crippen LogP contribution < -0.4 is 0 Å². The molecule has 0 aromatic heterocycles. The van der Waals surface area contributed by atoms with Gasteiger partial charge >= 0.3 is 0 Å². The van der Waals surface area contributed by atoms with Crippen LogP contribution in [0.15, 0.2) is 83.8 Å². The van der Waals surface area contributed by atoms with Gasteiger partial charge in [0.25, 0.3) is 0 Å². The Morgan fingerprint density at radius 2 is 1.48 bits per heavy atom. The number of aryl methyl sites for hydroxylation is 1. The van der Waals surface area contributed by atoms with Crippen molar-refractivity contribution in [3.63, 3.8) is 0 Å². The Hall–Kier alpha value is -1.85. The minimum absolute atomic E-state index is 0.169. The molecule has 1 heterocycles. The number of halogens is 2. The molecule has 6 heteroatoms. The minimum atomic E-state index is -3.80. The summed E-state index contributed by atoms with van der Waals surface area (Å²) in [7, 11) is -3.80. The fourth-order valence-electron chi connectivity index (χ4n) is 3.34. The summed E-state index contributed by atoms with van der Waals surface area (Å²) in [5, 5.41) is 0.482. The summed E-state index contributed by atoms with van der Waals surface area (Å²) in [6.07, 6.45) is 0. The molecule has 0 bridgehead atoms. The summed E-state index contributed by atoms with van der Waals surface area (Å²) >= 11 is 12.9. The van der Waals surface area contributed by atoms with Crippen LogP contribution in [-0.4, -0.2) is 12.7 Å². The maximum Gasteiger partial charge on any atom is 0.245 e. The Morgan fingerprint density at radius 1 is 0.889 bits per heavy atom. The molecule has 3 atom stereocenters. The van der Waals surface area contributed by atoms with Gasteiger partial charge in [-0.25, -0.2) is 8.42 Å². The number of rotatable bonds is 4. The molecule has 0 spiro atoms. The van der Waals surface area contributed by atoms with E-state index >= 15 is 0 Å². The molecule has 27 heavy (non-hydrogen) atoms. The first-order chi connectivity index (χ1) is 12.8. The van der Waals surface area contributed by atoms with Crippen LogP contribution in [0.2, 0.25) is 5.02 Å². The van der Waals surface area contributed by atoms with Gasteiger partial charge in [-0.1, -0.05) is 83.4 Å². The fraction of sp³-hybridized carbons (Fsp3) is 0.143. The standard InChI is InChI=1S/C21H17Cl2NO2S/c1-15-7-9-16(10-8-15)20-21(23,17-5-3-2-4-6-17)24(20)27(25,26)19-13-11-18(22)12-14-19/h2-14,20H,1H3/t20-,21-,24?/m1/s1. The van der Waals surface area contributed by atoms with Crippen LogP contribution in [0, 0.1) is 6.92 Å². The van der Waals surface area contributed by atoms with Crippen LogP contribution >= 0.6 is 23.2 Å². The second-order valence-corrected chi connectivity index (χ2v) is 9.43. The smallest absolute Gasteiger partial charge is 0.207 e. The van der Waals surface area contributed by atoms with Crippen LogP contribution in [0.5, 0.6) is 0 Å². The van der Waals surface area contributed by atoms with E-state index < -0.39 is 21.1 Å². The Morgan fingerprint density at radius 3 is 2.07 bits per heavy atom. The maximum atomic E-state index is 13.3. The largest absolute Gasteiger partial charge is 0.245 e. The molecule has 4 rings (SSSR count). The van der Waals surface area contributed by atoms with E-state index in [9.17, 15) is 8.42 Å². The summed E-state index contributed by atoms with van der Waals surface area (Å²) in [5.41, 5.74) is 2.71. The van der Waals surface area contributed by atoms with Crippen LogP contribution in [-0.2, 0) is 15.0 Å². The second-order valence-electron chi connectivity index (χ2n) is 6.61. The minimum Gasteiger partial charge on any atom is -0.207 e. The van der Waals surface area contributed by atoms with Gasteiger partial charge in [0.1, 0.15) is 0 Å². The predicted octanol–water partition coefficient (Wildman–Crippen LogP) is 5.49. The normalized spacial score (nSPS) is 24.6. The topological polar surface area (TPSA) is 37.1 Å². The number of alkyl halides is 1. The third-order valence-corrected chi connectivity index (χ3v) is 7.64. The van der Waals surface area contributed by atoms with Crippen molar-refractivity contribution in [1.29, 1.82) is 0 Å². The molecule has 0 amide bonds. The molecule has 0 saturated carbocycles. The lowest BCUT2D eigenvalue weighted by Crippen LogP contribution is -2.18. The van der Waals surface area contributed by atoms with Gasteiger partial charge in [-0.05, 0) is 42.3 Å². The highest BCUT2D eigenvalue weighted by Crippen LogP contribution is 2.65.